The second-order valence-electron chi connectivity index (χ2n) is 7.14. The molecular weight excluding hydrogens is 395 g/mol. The highest BCUT2D eigenvalue weighted by molar-refractivity contribution is 7.10. The summed E-state index contributed by atoms with van der Waals surface area (Å²) in [6, 6.07) is 14.8. The first-order valence-electron chi connectivity index (χ1n) is 9.20. The largest absolute Gasteiger partial charge is 0.494 e. The van der Waals surface area contributed by atoms with Gasteiger partial charge in [-0.05, 0) is 36.0 Å². The Morgan fingerprint density at radius 1 is 1.07 bits per heavy atom. The number of Topliss-reactive ketones (excluding diaryl/α,β-unsaturated/α-hetero) is 1. The standard InChI is InChI=1S/C22H26ClO4P/c1-14(2)12-17(15-8-5-4-6-9-15)18(22(25)27-28)13-20(24)16-10-7-11-19(23)21(16)26-3/h4-11,14,17-18H,12-13,28H2,1-3H3. The van der Waals surface area contributed by atoms with Crippen LogP contribution in [0.1, 0.15) is 48.5 Å². The molecule has 0 radical (unpaired) electrons. The van der Waals surface area contributed by atoms with E-state index < -0.39 is 11.9 Å². The van der Waals surface area contributed by atoms with Crippen molar-refractivity contribution >= 4 is 32.8 Å². The van der Waals surface area contributed by atoms with E-state index in [4.69, 9.17) is 20.9 Å². The molecule has 0 aliphatic heterocycles. The molecule has 0 aliphatic carbocycles. The van der Waals surface area contributed by atoms with Crippen LogP contribution in [0.3, 0.4) is 0 Å². The van der Waals surface area contributed by atoms with Gasteiger partial charge in [0.15, 0.2) is 5.78 Å². The summed E-state index contributed by atoms with van der Waals surface area (Å²) in [5.41, 5.74) is 1.38. The topological polar surface area (TPSA) is 52.6 Å². The molecule has 150 valence electrons. The molecule has 6 heteroatoms. The molecular formula is C22H26ClO4P. The minimum atomic E-state index is -0.613. The van der Waals surface area contributed by atoms with Crippen LogP contribution in [0.5, 0.6) is 5.75 Å². The summed E-state index contributed by atoms with van der Waals surface area (Å²) >= 11 is 6.16. The number of carbonyl (C=O) groups is 2. The van der Waals surface area contributed by atoms with Crippen LogP contribution in [0.15, 0.2) is 48.5 Å². The normalized spacial score (nSPS) is 13.1. The number of ketones is 1. The van der Waals surface area contributed by atoms with Crippen molar-refractivity contribution in [3.8, 4) is 5.75 Å². The van der Waals surface area contributed by atoms with Gasteiger partial charge in [0, 0.05) is 6.42 Å². The van der Waals surface area contributed by atoms with E-state index >= 15 is 0 Å². The summed E-state index contributed by atoms with van der Waals surface area (Å²) in [6.45, 7) is 4.20. The molecule has 0 aliphatic rings. The van der Waals surface area contributed by atoms with Crippen molar-refractivity contribution < 1.29 is 18.8 Å². The minimum Gasteiger partial charge on any atom is -0.494 e. The number of benzene rings is 2. The Morgan fingerprint density at radius 2 is 1.75 bits per heavy atom. The van der Waals surface area contributed by atoms with Crippen molar-refractivity contribution in [3.05, 3.63) is 64.7 Å². The van der Waals surface area contributed by atoms with Crippen molar-refractivity contribution in [3.63, 3.8) is 0 Å². The van der Waals surface area contributed by atoms with E-state index in [1.807, 2.05) is 39.8 Å². The summed E-state index contributed by atoms with van der Waals surface area (Å²) < 4.78 is 10.3. The van der Waals surface area contributed by atoms with E-state index in [9.17, 15) is 9.59 Å². The van der Waals surface area contributed by atoms with Crippen LogP contribution >= 0.6 is 21.1 Å². The fraction of sp³-hybridized carbons (Fsp3) is 0.364. The van der Waals surface area contributed by atoms with Gasteiger partial charge >= 0.3 is 5.97 Å². The Labute approximate surface area is 173 Å². The molecule has 0 saturated heterocycles. The molecule has 2 aromatic rings. The quantitative estimate of drug-likeness (QED) is 0.385. The first-order chi connectivity index (χ1) is 13.4. The van der Waals surface area contributed by atoms with Crippen LogP contribution in [-0.4, -0.2) is 18.9 Å². The molecule has 0 N–H and O–H groups in total. The number of halogens is 1. The molecule has 0 amide bonds. The van der Waals surface area contributed by atoms with E-state index in [1.54, 1.807) is 18.2 Å². The SMILES string of the molecule is COc1c(Cl)cccc1C(=O)CC(C(=O)OP)C(CC(C)C)c1ccccc1. The minimum absolute atomic E-state index is 0.0101. The van der Waals surface area contributed by atoms with E-state index in [0.29, 0.717) is 22.3 Å². The lowest BCUT2D eigenvalue weighted by molar-refractivity contribution is -0.138. The van der Waals surface area contributed by atoms with Gasteiger partial charge < -0.3 is 9.26 Å². The zero-order chi connectivity index (χ0) is 20.7. The van der Waals surface area contributed by atoms with Crippen molar-refractivity contribution in [2.24, 2.45) is 11.8 Å². The Hall–Kier alpha value is -1.90. The fourth-order valence-corrected chi connectivity index (χ4v) is 3.89. The third kappa shape index (κ3) is 5.56. The zero-order valence-electron chi connectivity index (χ0n) is 16.4. The number of methoxy groups -OCH3 is 1. The van der Waals surface area contributed by atoms with E-state index in [0.717, 1.165) is 12.0 Å². The first kappa shape index (κ1) is 22.4. The van der Waals surface area contributed by atoms with Crippen molar-refractivity contribution in [2.45, 2.75) is 32.6 Å². The highest BCUT2D eigenvalue weighted by Gasteiger charge is 2.34. The molecule has 0 saturated carbocycles. The summed E-state index contributed by atoms with van der Waals surface area (Å²) in [6.07, 6.45) is 0.768. The fourth-order valence-electron chi connectivity index (χ4n) is 3.46. The molecule has 0 spiro atoms. The smallest absolute Gasteiger partial charge is 0.312 e. The van der Waals surface area contributed by atoms with Crippen LogP contribution in [0.4, 0.5) is 0 Å². The molecule has 2 rings (SSSR count). The summed E-state index contributed by atoms with van der Waals surface area (Å²) in [7, 11) is 3.47. The molecule has 4 nitrogen and oxygen atoms in total. The Balaban J connectivity index is 2.41. The Morgan fingerprint density at radius 3 is 2.32 bits per heavy atom. The van der Waals surface area contributed by atoms with Crippen molar-refractivity contribution in [1.82, 2.24) is 0 Å². The Bertz CT molecular complexity index is 807. The number of carbonyl (C=O) groups excluding carboxylic acids is 2. The maximum atomic E-state index is 13.1. The van der Waals surface area contributed by atoms with Crippen molar-refractivity contribution in [1.29, 1.82) is 0 Å². The highest BCUT2D eigenvalue weighted by Crippen LogP contribution is 2.37. The molecule has 2 aromatic carbocycles. The number of ether oxygens (including phenoxy) is 1. The number of rotatable bonds is 9. The van der Waals surface area contributed by atoms with E-state index in [1.165, 1.54) is 7.11 Å². The van der Waals surface area contributed by atoms with Gasteiger partial charge in [0.1, 0.15) is 5.75 Å². The zero-order valence-corrected chi connectivity index (χ0v) is 18.3. The van der Waals surface area contributed by atoms with Gasteiger partial charge in [0.2, 0.25) is 0 Å². The van der Waals surface area contributed by atoms with Crippen LogP contribution < -0.4 is 4.74 Å². The molecule has 0 fully saturated rings. The summed E-state index contributed by atoms with van der Waals surface area (Å²) in [4.78, 5) is 25.7. The van der Waals surface area contributed by atoms with Gasteiger partial charge in [-0.15, -0.1) is 0 Å². The van der Waals surface area contributed by atoms with Crippen LogP contribution in [0.25, 0.3) is 0 Å². The summed E-state index contributed by atoms with van der Waals surface area (Å²) in [5.74, 6) is -0.701. The molecule has 3 atom stereocenters. The molecule has 28 heavy (non-hydrogen) atoms. The van der Waals surface area contributed by atoms with Crippen LogP contribution in [0.2, 0.25) is 5.02 Å². The third-order valence-electron chi connectivity index (χ3n) is 4.73. The van der Waals surface area contributed by atoms with Crippen LogP contribution in [-0.2, 0) is 9.32 Å². The Kier molecular flexibility index (Phi) is 8.47. The molecule has 0 bridgehead atoms. The summed E-state index contributed by atoms with van der Waals surface area (Å²) in [5, 5.41) is 0.361. The average molecular weight is 421 g/mol. The van der Waals surface area contributed by atoms with Gasteiger partial charge in [-0.2, -0.15) is 0 Å². The average Bonchev–Trinajstić information content (AvgIpc) is 2.70. The molecule has 3 unspecified atom stereocenters. The van der Waals surface area contributed by atoms with Gasteiger partial charge in [-0.1, -0.05) is 61.8 Å². The third-order valence-corrected chi connectivity index (χ3v) is 5.26. The maximum absolute atomic E-state index is 13.1. The number of hydrogen-bond donors (Lipinski definition) is 0. The van der Waals surface area contributed by atoms with E-state index in [2.05, 4.69) is 13.8 Å². The monoisotopic (exact) mass is 420 g/mol. The first-order valence-corrected chi connectivity index (χ1v) is 10.0. The lowest BCUT2D eigenvalue weighted by Gasteiger charge is -2.27. The van der Waals surface area contributed by atoms with Crippen LogP contribution in [0, 0.1) is 11.8 Å². The van der Waals surface area contributed by atoms with Crippen molar-refractivity contribution in [2.75, 3.05) is 7.11 Å². The van der Waals surface area contributed by atoms with Gasteiger partial charge in [-0.25, -0.2) is 0 Å². The van der Waals surface area contributed by atoms with Gasteiger partial charge in [0.05, 0.1) is 33.1 Å². The number of para-hydroxylation sites is 1. The predicted octanol–water partition coefficient (Wildman–Crippen LogP) is 5.70. The highest BCUT2D eigenvalue weighted by atomic mass is 35.5. The second kappa shape index (κ2) is 10.6. The van der Waals surface area contributed by atoms with Gasteiger partial charge in [0.25, 0.3) is 0 Å². The van der Waals surface area contributed by atoms with E-state index in [-0.39, 0.29) is 18.1 Å². The lowest BCUT2D eigenvalue weighted by Crippen LogP contribution is -2.27. The lowest BCUT2D eigenvalue weighted by atomic mass is 9.77. The molecule has 0 heterocycles. The maximum Gasteiger partial charge on any atom is 0.312 e. The second-order valence-corrected chi connectivity index (χ2v) is 7.78. The predicted molar refractivity (Wildman–Crippen MR) is 115 cm³/mol. The van der Waals surface area contributed by atoms with Gasteiger partial charge in [-0.3, -0.25) is 9.59 Å². The molecule has 0 aromatic heterocycles. The number of hydrogen-bond acceptors (Lipinski definition) is 4.